The molecule has 0 bridgehead atoms. The maximum absolute atomic E-state index is 4.60. The highest BCUT2D eigenvalue weighted by molar-refractivity contribution is 9.10. The number of nitrogens with zero attached hydrogens (tertiary/aromatic N) is 4. The lowest BCUT2D eigenvalue weighted by molar-refractivity contribution is 0.529. The highest BCUT2D eigenvalue weighted by Gasteiger charge is 2.14. The zero-order valence-corrected chi connectivity index (χ0v) is 12.6. The van der Waals surface area contributed by atoms with E-state index in [1.807, 2.05) is 23.9 Å². The van der Waals surface area contributed by atoms with E-state index in [0.29, 0.717) is 6.04 Å². The van der Waals surface area contributed by atoms with Gasteiger partial charge < -0.3 is 4.98 Å². The van der Waals surface area contributed by atoms with Gasteiger partial charge in [-0.1, -0.05) is 0 Å². The Labute approximate surface area is 119 Å². The van der Waals surface area contributed by atoms with Crippen molar-refractivity contribution in [1.29, 1.82) is 0 Å². The zero-order chi connectivity index (χ0) is 13.6. The number of rotatable bonds is 2. The molecule has 6 heteroatoms. The van der Waals surface area contributed by atoms with E-state index in [-0.39, 0.29) is 0 Å². The van der Waals surface area contributed by atoms with Crippen LogP contribution in [0.5, 0.6) is 0 Å². The van der Waals surface area contributed by atoms with Gasteiger partial charge >= 0.3 is 0 Å². The van der Waals surface area contributed by atoms with Crippen molar-refractivity contribution < 1.29 is 0 Å². The van der Waals surface area contributed by atoms with Gasteiger partial charge in [-0.2, -0.15) is 5.10 Å². The molecule has 0 amide bonds. The third kappa shape index (κ3) is 2.06. The van der Waals surface area contributed by atoms with Gasteiger partial charge in [0.1, 0.15) is 11.3 Å². The lowest BCUT2D eigenvalue weighted by Gasteiger charge is -2.02. The van der Waals surface area contributed by atoms with Crippen molar-refractivity contribution in [2.45, 2.75) is 26.8 Å². The van der Waals surface area contributed by atoms with Gasteiger partial charge in [0.25, 0.3) is 0 Å². The number of fused-ring (bicyclic) bond motifs is 1. The van der Waals surface area contributed by atoms with Crippen molar-refractivity contribution in [3.05, 3.63) is 28.6 Å². The molecule has 19 heavy (non-hydrogen) atoms. The molecule has 1 N–H and O–H groups in total. The van der Waals surface area contributed by atoms with Gasteiger partial charge in [0.05, 0.1) is 11.3 Å². The molecule has 0 atom stereocenters. The summed E-state index contributed by atoms with van der Waals surface area (Å²) in [7, 11) is 0. The van der Waals surface area contributed by atoms with Crippen molar-refractivity contribution in [3.8, 4) is 11.4 Å². The standard InChI is InChI=1S/C13H14BrN5/c1-7(2)19-6-9(8(3)18-19)12-16-11-10(14)4-5-15-13(11)17-12/h4-7H,1-3H3,(H,15,16,17). The van der Waals surface area contributed by atoms with Crippen LogP contribution in [0.15, 0.2) is 22.9 Å². The SMILES string of the molecule is Cc1nn(C(C)C)cc1-c1nc2c(Br)ccnc2[nH]1. The first-order valence-corrected chi connectivity index (χ1v) is 6.92. The Kier molecular flexibility index (Phi) is 2.89. The minimum atomic E-state index is 0.335. The third-order valence-corrected chi connectivity index (χ3v) is 3.68. The fourth-order valence-electron chi connectivity index (χ4n) is 1.99. The van der Waals surface area contributed by atoms with Crippen molar-refractivity contribution in [1.82, 2.24) is 24.7 Å². The molecule has 0 aliphatic rings. The number of halogens is 1. The van der Waals surface area contributed by atoms with E-state index in [2.05, 4.69) is 49.8 Å². The molecule has 3 aromatic heterocycles. The molecule has 0 saturated heterocycles. The lowest BCUT2D eigenvalue weighted by atomic mass is 10.2. The van der Waals surface area contributed by atoms with E-state index >= 15 is 0 Å². The van der Waals surface area contributed by atoms with E-state index in [4.69, 9.17) is 0 Å². The van der Waals surface area contributed by atoms with Crippen LogP contribution in [0.1, 0.15) is 25.6 Å². The van der Waals surface area contributed by atoms with Crippen LogP contribution in [0, 0.1) is 6.92 Å². The van der Waals surface area contributed by atoms with Crippen LogP contribution in [0.2, 0.25) is 0 Å². The number of H-pyrrole nitrogens is 1. The van der Waals surface area contributed by atoms with Crippen molar-refractivity contribution >= 4 is 27.1 Å². The second-order valence-electron chi connectivity index (χ2n) is 4.78. The Morgan fingerprint density at radius 1 is 1.37 bits per heavy atom. The summed E-state index contributed by atoms with van der Waals surface area (Å²) in [4.78, 5) is 12.1. The van der Waals surface area contributed by atoms with Gasteiger partial charge in [0.2, 0.25) is 0 Å². The number of aromatic amines is 1. The molecule has 5 nitrogen and oxygen atoms in total. The first kappa shape index (κ1) is 12.3. The van der Waals surface area contributed by atoms with Gasteiger partial charge in [0.15, 0.2) is 5.65 Å². The molecule has 3 heterocycles. The highest BCUT2D eigenvalue weighted by Crippen LogP contribution is 2.26. The molecule has 0 aromatic carbocycles. The van der Waals surface area contributed by atoms with E-state index in [1.54, 1.807) is 6.20 Å². The van der Waals surface area contributed by atoms with Gasteiger partial charge in [-0.05, 0) is 42.8 Å². The summed E-state index contributed by atoms with van der Waals surface area (Å²) in [5.41, 5.74) is 3.60. The third-order valence-electron chi connectivity index (χ3n) is 3.04. The number of hydrogen-bond acceptors (Lipinski definition) is 3. The van der Waals surface area contributed by atoms with Crippen LogP contribution in [-0.2, 0) is 0 Å². The molecule has 3 rings (SSSR count). The molecule has 0 spiro atoms. The van der Waals surface area contributed by atoms with Crippen LogP contribution >= 0.6 is 15.9 Å². The molecular weight excluding hydrogens is 306 g/mol. The van der Waals surface area contributed by atoms with E-state index in [1.165, 1.54) is 0 Å². The van der Waals surface area contributed by atoms with Crippen LogP contribution in [0.3, 0.4) is 0 Å². The Hall–Kier alpha value is -1.69. The summed E-state index contributed by atoms with van der Waals surface area (Å²) >= 11 is 3.49. The number of pyridine rings is 1. The maximum atomic E-state index is 4.60. The fraction of sp³-hybridized carbons (Fsp3) is 0.308. The Morgan fingerprint density at radius 2 is 2.16 bits per heavy atom. The molecule has 0 aliphatic heterocycles. The van der Waals surface area contributed by atoms with Crippen LogP contribution < -0.4 is 0 Å². The Balaban J connectivity index is 2.16. The van der Waals surface area contributed by atoms with E-state index < -0.39 is 0 Å². The van der Waals surface area contributed by atoms with Gasteiger partial charge in [-0.15, -0.1) is 0 Å². The van der Waals surface area contributed by atoms with Gasteiger partial charge in [0, 0.05) is 22.9 Å². The summed E-state index contributed by atoms with van der Waals surface area (Å²) in [6.45, 7) is 6.20. The maximum Gasteiger partial charge on any atom is 0.158 e. The van der Waals surface area contributed by atoms with Crippen LogP contribution in [-0.4, -0.2) is 24.7 Å². The molecule has 0 unspecified atom stereocenters. The second kappa shape index (κ2) is 4.45. The highest BCUT2D eigenvalue weighted by atomic mass is 79.9. The number of aromatic nitrogens is 5. The quantitative estimate of drug-likeness (QED) is 0.786. The topological polar surface area (TPSA) is 59.4 Å². The average molecular weight is 320 g/mol. The molecular formula is C13H14BrN5. The first-order chi connectivity index (χ1) is 9.06. The predicted octanol–water partition coefficient (Wildman–Crippen LogP) is 3.47. The smallest absolute Gasteiger partial charge is 0.158 e. The fourth-order valence-corrected chi connectivity index (χ4v) is 2.38. The number of hydrogen-bond donors (Lipinski definition) is 1. The van der Waals surface area contributed by atoms with Crippen LogP contribution in [0.25, 0.3) is 22.6 Å². The van der Waals surface area contributed by atoms with Crippen molar-refractivity contribution in [2.24, 2.45) is 0 Å². The van der Waals surface area contributed by atoms with E-state index in [0.717, 1.165) is 32.7 Å². The van der Waals surface area contributed by atoms with E-state index in [9.17, 15) is 0 Å². The number of imidazole rings is 1. The van der Waals surface area contributed by atoms with Crippen molar-refractivity contribution in [2.75, 3.05) is 0 Å². The summed E-state index contributed by atoms with van der Waals surface area (Å²) in [5.74, 6) is 0.804. The largest absolute Gasteiger partial charge is 0.322 e. The summed E-state index contributed by atoms with van der Waals surface area (Å²) in [5, 5.41) is 4.50. The molecule has 0 fully saturated rings. The minimum absolute atomic E-state index is 0.335. The van der Waals surface area contributed by atoms with Crippen LogP contribution in [0.4, 0.5) is 0 Å². The Morgan fingerprint density at radius 3 is 2.79 bits per heavy atom. The number of aryl methyl sites for hydroxylation is 1. The zero-order valence-electron chi connectivity index (χ0n) is 11.0. The second-order valence-corrected chi connectivity index (χ2v) is 5.63. The first-order valence-electron chi connectivity index (χ1n) is 6.12. The lowest BCUT2D eigenvalue weighted by Crippen LogP contribution is -2.00. The summed E-state index contributed by atoms with van der Waals surface area (Å²) in [6, 6.07) is 2.22. The monoisotopic (exact) mass is 319 g/mol. The molecule has 0 saturated carbocycles. The van der Waals surface area contributed by atoms with Gasteiger partial charge in [-0.25, -0.2) is 9.97 Å². The summed E-state index contributed by atoms with van der Waals surface area (Å²) < 4.78 is 2.88. The average Bonchev–Trinajstić information content (AvgIpc) is 2.93. The molecule has 0 aliphatic carbocycles. The molecule has 3 aromatic rings. The normalized spacial score (nSPS) is 11.6. The summed E-state index contributed by atoms with van der Waals surface area (Å²) in [6.07, 6.45) is 3.77. The minimum Gasteiger partial charge on any atom is -0.322 e. The number of nitrogens with one attached hydrogen (secondary N) is 1. The predicted molar refractivity (Wildman–Crippen MR) is 77.9 cm³/mol. The molecule has 0 radical (unpaired) electrons. The van der Waals surface area contributed by atoms with Gasteiger partial charge in [-0.3, -0.25) is 4.68 Å². The van der Waals surface area contributed by atoms with Crippen molar-refractivity contribution in [3.63, 3.8) is 0 Å². The molecule has 98 valence electrons. The Bertz CT molecular complexity index is 741.